The van der Waals surface area contributed by atoms with E-state index in [0.717, 1.165) is 63.9 Å². The van der Waals surface area contributed by atoms with Crippen LogP contribution in [0, 0.1) is 11.8 Å². The van der Waals surface area contributed by atoms with Crippen LogP contribution in [0.1, 0.15) is 150 Å². The average molecular weight is 772 g/mol. The van der Waals surface area contributed by atoms with E-state index in [4.69, 9.17) is 0 Å². The van der Waals surface area contributed by atoms with Crippen molar-refractivity contribution in [3.8, 4) is 0 Å². The minimum atomic E-state index is -0.104. The summed E-state index contributed by atoms with van der Waals surface area (Å²) in [4.78, 5) is 53.8. The summed E-state index contributed by atoms with van der Waals surface area (Å²) < 4.78 is 0. The first-order chi connectivity index (χ1) is 26.4. The first-order valence-corrected chi connectivity index (χ1v) is 22.0. The Labute approximate surface area is 338 Å². The van der Waals surface area contributed by atoms with Gasteiger partial charge in [-0.1, -0.05) is 130 Å². The highest BCUT2D eigenvalue weighted by Crippen LogP contribution is 2.24. The number of unbranched alkanes of at least 4 members (excludes halogenated alkanes) is 6. The van der Waals surface area contributed by atoms with Gasteiger partial charge < -0.3 is 24.8 Å². The van der Waals surface area contributed by atoms with Crippen molar-refractivity contribution < 1.29 is 19.2 Å². The molecular weight excluding hydrogens is 687 g/mol. The molecule has 0 unspecified atom stereocenters. The number of carbonyl (C=O) groups excluding carboxylic acids is 4. The van der Waals surface area contributed by atoms with Gasteiger partial charge in [-0.25, -0.2) is 0 Å². The molecule has 1 aromatic rings. The molecule has 3 heterocycles. The Bertz CT molecular complexity index is 1060. The molecule has 1 aromatic carbocycles. The minimum absolute atomic E-state index is 0.0133. The minimum Gasteiger partial charge on any atom is -0.350 e. The zero-order chi connectivity index (χ0) is 41.3. The Kier molecular flexibility index (Phi) is 32.7. The van der Waals surface area contributed by atoms with Crippen molar-refractivity contribution in [2.24, 2.45) is 11.8 Å². The highest BCUT2D eigenvalue weighted by Gasteiger charge is 2.37. The van der Waals surface area contributed by atoms with Crippen LogP contribution in [0.5, 0.6) is 0 Å². The molecule has 0 aromatic heterocycles. The van der Waals surface area contributed by atoms with Gasteiger partial charge in [0.25, 0.3) is 0 Å². The zero-order valence-corrected chi connectivity index (χ0v) is 37.0. The number of aldehydes is 1. The maximum absolute atomic E-state index is 12.8. The SMILES string of the molecule is CC(C)C.CC(C)[C@@H](CN1CCC[C@H]1C(=O)N1CCCC1)N(C)C(=O)CNC=O.CCCCCCCCC.CN1CCCCC1.O=CCCc1ccccc1. The van der Waals surface area contributed by atoms with E-state index in [1.165, 1.54) is 82.9 Å². The van der Waals surface area contributed by atoms with E-state index in [9.17, 15) is 19.2 Å². The predicted molar refractivity (Wildman–Crippen MR) is 232 cm³/mol. The lowest BCUT2D eigenvalue weighted by atomic mass is 10.0. The maximum Gasteiger partial charge on any atom is 0.241 e. The molecule has 318 valence electrons. The first-order valence-electron chi connectivity index (χ1n) is 22.0. The standard InChI is InChI=1S/C18H32N4O3.C9H10O.C9H20.C6H13N.C4H10/c1-14(2)16(20(3)17(24)11-19-13-23)12-22-10-6-7-15(22)18(25)21-8-4-5-9-21;10-8-4-7-9-5-2-1-3-6-9;1-3-5-7-9-8-6-4-2;1-7-5-3-2-4-6-7;1-4(2)3/h13-16H,4-12H2,1-3H3,(H,19,23);1-3,5-6,8H,4,7H2;3-9H2,1-2H3;2-6H2,1H3;4H,1-3H3/t15-,16+;;;;/m0..../s1. The normalized spacial score (nSPS) is 17.3. The lowest BCUT2D eigenvalue weighted by Crippen LogP contribution is -2.53. The Balaban J connectivity index is 0.000000792. The monoisotopic (exact) mass is 772 g/mol. The van der Waals surface area contributed by atoms with E-state index < -0.39 is 0 Å². The highest BCUT2D eigenvalue weighted by atomic mass is 16.2. The summed E-state index contributed by atoms with van der Waals surface area (Å²) in [7, 11) is 3.98. The molecule has 3 aliphatic rings. The molecule has 0 radical (unpaired) electrons. The van der Waals surface area contributed by atoms with E-state index in [1.54, 1.807) is 11.9 Å². The van der Waals surface area contributed by atoms with Crippen molar-refractivity contribution in [2.45, 2.75) is 163 Å². The van der Waals surface area contributed by atoms with Gasteiger partial charge in [0.15, 0.2) is 0 Å². The molecule has 0 spiro atoms. The molecule has 55 heavy (non-hydrogen) atoms. The number of likely N-dealkylation sites (N-methyl/N-ethyl adjacent to an activating group) is 1. The summed E-state index contributed by atoms with van der Waals surface area (Å²) in [5.74, 6) is 1.26. The molecule has 3 aliphatic heterocycles. The fraction of sp³-hybridized carbons (Fsp3) is 0.783. The van der Waals surface area contributed by atoms with Crippen LogP contribution in [0.25, 0.3) is 0 Å². The zero-order valence-electron chi connectivity index (χ0n) is 37.0. The van der Waals surface area contributed by atoms with Crippen molar-refractivity contribution in [1.29, 1.82) is 0 Å². The number of hydrogen-bond acceptors (Lipinski definition) is 6. The topological polar surface area (TPSA) is 93.3 Å². The molecule has 0 aliphatic carbocycles. The molecule has 1 N–H and O–H groups in total. The van der Waals surface area contributed by atoms with E-state index in [1.807, 2.05) is 35.2 Å². The molecule has 9 nitrogen and oxygen atoms in total. The fourth-order valence-corrected chi connectivity index (χ4v) is 6.88. The van der Waals surface area contributed by atoms with Crippen molar-refractivity contribution >= 4 is 24.5 Å². The Hall–Kier alpha value is -2.78. The third kappa shape index (κ3) is 26.7. The Morgan fingerprint density at radius 3 is 1.82 bits per heavy atom. The van der Waals surface area contributed by atoms with E-state index in [-0.39, 0.29) is 36.4 Å². The quantitative estimate of drug-likeness (QED) is 0.126. The molecule has 3 amide bonds. The molecule has 9 heteroatoms. The summed E-state index contributed by atoms with van der Waals surface area (Å²) in [5.41, 5.74) is 1.23. The molecule has 3 saturated heterocycles. The molecule has 0 bridgehead atoms. The van der Waals surface area contributed by atoms with Gasteiger partial charge in [0.05, 0.1) is 12.6 Å². The lowest BCUT2D eigenvalue weighted by molar-refractivity contribution is -0.136. The van der Waals surface area contributed by atoms with Crippen LogP contribution in [0.4, 0.5) is 0 Å². The largest absolute Gasteiger partial charge is 0.350 e. The van der Waals surface area contributed by atoms with Crippen molar-refractivity contribution in [3.05, 3.63) is 35.9 Å². The molecule has 4 rings (SSSR count). The van der Waals surface area contributed by atoms with E-state index in [2.05, 4.69) is 70.6 Å². The number of carbonyl (C=O) groups is 4. The number of rotatable bonds is 17. The number of aryl methyl sites for hydroxylation is 1. The van der Waals surface area contributed by atoms with Crippen LogP contribution in [0.3, 0.4) is 0 Å². The number of benzene rings is 1. The van der Waals surface area contributed by atoms with Crippen LogP contribution in [0.15, 0.2) is 30.3 Å². The highest BCUT2D eigenvalue weighted by molar-refractivity contribution is 5.82. The second kappa shape index (κ2) is 34.5. The summed E-state index contributed by atoms with van der Waals surface area (Å²) in [6, 6.07) is 9.99. The summed E-state index contributed by atoms with van der Waals surface area (Å²) in [5, 5.41) is 2.43. The second-order valence-electron chi connectivity index (χ2n) is 16.6. The molecule has 0 saturated carbocycles. The van der Waals surface area contributed by atoms with Gasteiger partial charge in [-0.2, -0.15) is 0 Å². The van der Waals surface area contributed by atoms with Crippen LogP contribution in [-0.2, 0) is 25.6 Å². The van der Waals surface area contributed by atoms with Gasteiger partial charge in [0.1, 0.15) is 6.29 Å². The van der Waals surface area contributed by atoms with Gasteiger partial charge in [-0.3, -0.25) is 19.3 Å². The predicted octanol–water partition coefficient (Wildman–Crippen LogP) is 8.64. The number of piperidine rings is 1. The summed E-state index contributed by atoms with van der Waals surface area (Å²) >= 11 is 0. The van der Waals surface area contributed by atoms with Crippen LogP contribution in [-0.4, -0.2) is 116 Å². The third-order valence-corrected chi connectivity index (χ3v) is 10.2. The number of amides is 3. The average Bonchev–Trinajstić information content (AvgIpc) is 3.89. The summed E-state index contributed by atoms with van der Waals surface area (Å²) in [6.45, 7) is 21.2. The number of nitrogens with one attached hydrogen (secondary N) is 1. The molecule has 3 fully saturated rings. The third-order valence-electron chi connectivity index (χ3n) is 10.2. The van der Waals surface area contributed by atoms with E-state index >= 15 is 0 Å². The van der Waals surface area contributed by atoms with Crippen LogP contribution < -0.4 is 5.32 Å². The van der Waals surface area contributed by atoms with Crippen LogP contribution >= 0.6 is 0 Å². The molecular formula is C46H85N5O4. The van der Waals surface area contributed by atoms with Gasteiger partial charge in [-0.15, -0.1) is 0 Å². The lowest BCUT2D eigenvalue weighted by Gasteiger charge is -2.37. The van der Waals surface area contributed by atoms with Gasteiger partial charge in [0.2, 0.25) is 18.2 Å². The van der Waals surface area contributed by atoms with Gasteiger partial charge in [-0.05, 0) is 89.0 Å². The van der Waals surface area contributed by atoms with Crippen molar-refractivity contribution in [3.63, 3.8) is 0 Å². The van der Waals surface area contributed by atoms with Gasteiger partial charge in [0, 0.05) is 39.1 Å². The van der Waals surface area contributed by atoms with E-state index in [0.29, 0.717) is 19.4 Å². The number of likely N-dealkylation sites (tertiary alicyclic amines) is 3. The van der Waals surface area contributed by atoms with Crippen LogP contribution in [0.2, 0.25) is 0 Å². The second-order valence-corrected chi connectivity index (χ2v) is 16.6. The molecule has 2 atom stereocenters. The Morgan fingerprint density at radius 2 is 1.35 bits per heavy atom. The first kappa shape index (κ1) is 52.2. The number of hydrogen-bond donors (Lipinski definition) is 1. The maximum atomic E-state index is 12.8. The smallest absolute Gasteiger partial charge is 0.241 e. The van der Waals surface area contributed by atoms with Gasteiger partial charge >= 0.3 is 0 Å². The summed E-state index contributed by atoms with van der Waals surface area (Å²) in [6.07, 6.45) is 21.4. The van der Waals surface area contributed by atoms with Crippen molar-refractivity contribution in [1.82, 2.24) is 24.9 Å². The van der Waals surface area contributed by atoms with Crippen molar-refractivity contribution in [2.75, 3.05) is 59.9 Å². The number of nitrogens with zero attached hydrogens (tertiary/aromatic N) is 4. The Morgan fingerprint density at radius 1 is 0.800 bits per heavy atom. The fourth-order valence-electron chi connectivity index (χ4n) is 6.88.